The van der Waals surface area contributed by atoms with Gasteiger partial charge in [-0.25, -0.2) is 14.4 Å². The molecule has 1 aliphatic rings. The van der Waals surface area contributed by atoms with Crippen LogP contribution in [0.1, 0.15) is 63.6 Å². The number of aromatic nitrogens is 3. The molecule has 1 fully saturated rings. The van der Waals surface area contributed by atoms with E-state index in [1.54, 1.807) is 23.5 Å². The minimum absolute atomic E-state index is 0.0899. The molecule has 10 heteroatoms. The highest BCUT2D eigenvalue weighted by Gasteiger charge is 2.41. The summed E-state index contributed by atoms with van der Waals surface area (Å²) in [5, 5.41) is 13.9. The fourth-order valence-corrected chi connectivity index (χ4v) is 5.37. The third-order valence-corrected chi connectivity index (χ3v) is 7.49. The lowest BCUT2D eigenvalue weighted by molar-refractivity contribution is 0.0934. The van der Waals surface area contributed by atoms with Gasteiger partial charge in [0, 0.05) is 18.8 Å². The van der Waals surface area contributed by atoms with E-state index in [4.69, 9.17) is 0 Å². The Bertz CT molecular complexity index is 1330. The molecule has 8 nitrogen and oxygen atoms in total. The molecule has 0 bridgehead atoms. The highest BCUT2D eigenvalue weighted by Crippen LogP contribution is 2.42. The molecule has 0 saturated carbocycles. The lowest BCUT2D eigenvalue weighted by Crippen LogP contribution is -2.48. The Hall–Kier alpha value is -3.53. The van der Waals surface area contributed by atoms with E-state index >= 15 is 0 Å². The summed E-state index contributed by atoms with van der Waals surface area (Å²) in [4.78, 5) is 40.2. The van der Waals surface area contributed by atoms with Gasteiger partial charge in [0.2, 0.25) is 5.75 Å². The van der Waals surface area contributed by atoms with Crippen LogP contribution in [0.25, 0.3) is 5.70 Å². The molecule has 1 aliphatic heterocycles. The van der Waals surface area contributed by atoms with Gasteiger partial charge in [-0.3, -0.25) is 9.59 Å². The second-order valence-corrected chi connectivity index (χ2v) is 10.1. The van der Waals surface area contributed by atoms with Crippen LogP contribution in [-0.2, 0) is 12.1 Å². The van der Waals surface area contributed by atoms with Gasteiger partial charge in [-0.05, 0) is 57.7 Å². The number of aromatic amines is 1. The predicted molar refractivity (Wildman–Crippen MR) is 133 cm³/mol. The number of likely N-dealkylation sites (tertiary alicyclic amines) is 1. The third-order valence-electron chi connectivity index (χ3n) is 6.37. The maximum atomic E-state index is 13.1. The van der Waals surface area contributed by atoms with Crippen molar-refractivity contribution in [2.45, 2.75) is 52.1 Å². The normalized spacial score (nSPS) is 17.9. The highest BCUT2D eigenvalue weighted by molar-refractivity contribution is 7.12. The quantitative estimate of drug-likeness (QED) is 0.475. The number of rotatable bonds is 6. The van der Waals surface area contributed by atoms with Gasteiger partial charge in [0.15, 0.2) is 5.69 Å². The van der Waals surface area contributed by atoms with E-state index in [0.717, 1.165) is 34.1 Å². The molecule has 3 N–H and O–H groups in total. The minimum atomic E-state index is -0.788. The van der Waals surface area contributed by atoms with Crippen molar-refractivity contribution in [2.24, 2.45) is 0 Å². The lowest BCUT2D eigenvalue weighted by Gasteiger charge is -2.46. The Morgan fingerprint density at radius 2 is 2.00 bits per heavy atom. The number of hydrogen-bond acceptors (Lipinski definition) is 7. The summed E-state index contributed by atoms with van der Waals surface area (Å²) < 4.78 is 13.1. The van der Waals surface area contributed by atoms with Crippen LogP contribution in [0.5, 0.6) is 5.75 Å². The SMILES string of the molecule is C=C(c1sc(C)nc1C)N1CCCCC1(C)c1nc(C(=O)NCc2ccc(F)cc2)c(O)c(=O)[nH]1. The molecule has 184 valence electrons. The Balaban J connectivity index is 1.66. The lowest BCUT2D eigenvalue weighted by atomic mass is 9.86. The van der Waals surface area contributed by atoms with Crippen LogP contribution < -0.4 is 10.9 Å². The summed E-state index contributed by atoms with van der Waals surface area (Å²) in [7, 11) is 0. The van der Waals surface area contributed by atoms with Crippen molar-refractivity contribution in [2.75, 3.05) is 6.54 Å². The summed E-state index contributed by atoms with van der Waals surface area (Å²) in [5.41, 5.74) is 0.448. The molecule has 0 aliphatic carbocycles. The molecule has 3 heterocycles. The Morgan fingerprint density at radius 1 is 1.29 bits per heavy atom. The molecule has 1 atom stereocenters. The number of hydrogen-bond donors (Lipinski definition) is 3. The van der Waals surface area contributed by atoms with E-state index in [1.807, 2.05) is 20.8 Å². The van der Waals surface area contributed by atoms with Crippen LogP contribution in [0.15, 0.2) is 35.6 Å². The van der Waals surface area contributed by atoms with Crippen molar-refractivity contribution in [3.63, 3.8) is 0 Å². The van der Waals surface area contributed by atoms with E-state index in [1.165, 1.54) is 12.1 Å². The Labute approximate surface area is 206 Å². The van der Waals surface area contributed by atoms with Crippen molar-refractivity contribution in [3.05, 3.63) is 79.7 Å². The molecule has 3 aromatic rings. The molecule has 4 rings (SSSR count). The number of nitrogens with one attached hydrogen (secondary N) is 2. The van der Waals surface area contributed by atoms with E-state index in [0.29, 0.717) is 18.5 Å². The number of amides is 1. The molecule has 0 radical (unpaired) electrons. The van der Waals surface area contributed by atoms with Crippen LogP contribution in [0, 0.1) is 19.7 Å². The summed E-state index contributed by atoms with van der Waals surface area (Å²) >= 11 is 1.56. The van der Waals surface area contributed by atoms with Crippen LogP contribution in [-0.4, -0.2) is 37.4 Å². The molecule has 1 unspecified atom stereocenters. The first-order valence-corrected chi connectivity index (χ1v) is 12.2. The number of aryl methyl sites for hydroxylation is 2. The molecular weight excluding hydrogens is 469 g/mol. The van der Waals surface area contributed by atoms with Gasteiger partial charge in [-0.1, -0.05) is 18.7 Å². The number of H-pyrrole nitrogens is 1. The molecule has 2 aromatic heterocycles. The largest absolute Gasteiger partial charge is 0.501 e. The van der Waals surface area contributed by atoms with Crippen molar-refractivity contribution in [1.29, 1.82) is 0 Å². The van der Waals surface area contributed by atoms with Crippen LogP contribution >= 0.6 is 11.3 Å². The first-order valence-electron chi connectivity index (χ1n) is 11.4. The van der Waals surface area contributed by atoms with E-state index in [-0.39, 0.29) is 23.9 Å². The third kappa shape index (κ3) is 4.84. The average Bonchev–Trinajstić information content (AvgIpc) is 3.17. The summed E-state index contributed by atoms with van der Waals surface area (Å²) in [6.07, 6.45) is 2.52. The van der Waals surface area contributed by atoms with E-state index in [9.17, 15) is 19.1 Å². The maximum absolute atomic E-state index is 13.1. The zero-order valence-corrected chi connectivity index (χ0v) is 20.8. The van der Waals surface area contributed by atoms with Gasteiger partial charge < -0.3 is 20.3 Å². The topological polar surface area (TPSA) is 111 Å². The van der Waals surface area contributed by atoms with Crippen molar-refractivity contribution < 1.29 is 14.3 Å². The fraction of sp³-hybridized carbons (Fsp3) is 0.360. The number of thiazole rings is 1. The number of carbonyl (C=O) groups is 1. The summed E-state index contributed by atoms with van der Waals surface area (Å²) in [6.45, 7) is 11.0. The number of carbonyl (C=O) groups excluding carboxylic acids is 1. The minimum Gasteiger partial charge on any atom is -0.501 e. The Kier molecular flexibility index (Phi) is 6.75. The summed E-state index contributed by atoms with van der Waals surface area (Å²) in [5.74, 6) is -1.54. The number of nitrogens with zero attached hydrogens (tertiary/aromatic N) is 3. The molecule has 1 aromatic carbocycles. The van der Waals surface area contributed by atoms with Gasteiger partial charge in [-0.15, -0.1) is 11.3 Å². The molecular formula is C25H28FN5O3S. The Morgan fingerprint density at radius 3 is 2.66 bits per heavy atom. The standard InChI is InChI=1S/C25H28FN5O3S/c1-14-21(35-16(3)28-14)15(2)31-12-6-5-11-25(31,4)24-29-19(20(32)23(34)30-24)22(33)27-13-17-7-9-18(26)10-8-17/h7-10,32H,2,5-6,11-13H2,1,3-4H3,(H,27,33)(H,29,30,34). The number of piperidine rings is 1. The second-order valence-electron chi connectivity index (χ2n) is 8.90. The number of halogens is 1. The van der Waals surface area contributed by atoms with Crippen molar-refractivity contribution >= 4 is 22.9 Å². The molecule has 35 heavy (non-hydrogen) atoms. The summed E-state index contributed by atoms with van der Waals surface area (Å²) in [6, 6.07) is 5.67. The zero-order valence-electron chi connectivity index (χ0n) is 19.9. The highest BCUT2D eigenvalue weighted by atomic mass is 32.1. The first-order chi connectivity index (χ1) is 16.6. The maximum Gasteiger partial charge on any atom is 0.294 e. The average molecular weight is 498 g/mol. The van der Waals surface area contributed by atoms with Gasteiger partial charge >= 0.3 is 0 Å². The second kappa shape index (κ2) is 9.61. The predicted octanol–water partition coefficient (Wildman–Crippen LogP) is 3.99. The van der Waals surface area contributed by atoms with E-state index < -0.39 is 22.8 Å². The van der Waals surface area contributed by atoms with Gasteiger partial charge in [-0.2, -0.15) is 0 Å². The van der Waals surface area contributed by atoms with Crippen LogP contribution in [0.3, 0.4) is 0 Å². The van der Waals surface area contributed by atoms with Crippen LogP contribution in [0.4, 0.5) is 4.39 Å². The van der Waals surface area contributed by atoms with Crippen molar-refractivity contribution in [1.82, 2.24) is 25.2 Å². The van der Waals surface area contributed by atoms with Crippen LogP contribution in [0.2, 0.25) is 0 Å². The first kappa shape index (κ1) is 24.6. The van der Waals surface area contributed by atoms with Gasteiger partial charge in [0.1, 0.15) is 11.6 Å². The fourth-order valence-electron chi connectivity index (χ4n) is 4.47. The number of aromatic hydroxyl groups is 1. The molecule has 0 spiro atoms. The molecule has 1 saturated heterocycles. The van der Waals surface area contributed by atoms with Crippen molar-refractivity contribution in [3.8, 4) is 5.75 Å². The van der Waals surface area contributed by atoms with E-state index in [2.05, 4.69) is 31.7 Å². The monoisotopic (exact) mass is 497 g/mol. The van der Waals surface area contributed by atoms with Gasteiger partial charge in [0.05, 0.1) is 21.1 Å². The zero-order chi connectivity index (χ0) is 25.3. The number of benzene rings is 1. The smallest absolute Gasteiger partial charge is 0.294 e. The molecule has 1 amide bonds. The van der Waals surface area contributed by atoms with Gasteiger partial charge in [0.25, 0.3) is 11.5 Å².